The highest BCUT2D eigenvalue weighted by Crippen LogP contribution is 2.22. The van der Waals surface area contributed by atoms with Crippen molar-refractivity contribution in [2.75, 3.05) is 11.9 Å². The molecule has 1 aromatic rings. The van der Waals surface area contributed by atoms with Crippen molar-refractivity contribution < 1.29 is 19.1 Å². The van der Waals surface area contributed by atoms with Gasteiger partial charge in [0.05, 0.1) is 0 Å². The molecule has 1 aromatic carbocycles. The molecule has 0 aromatic heterocycles. The predicted molar refractivity (Wildman–Crippen MR) is 79.6 cm³/mol. The molecule has 1 aliphatic heterocycles. The lowest BCUT2D eigenvalue weighted by atomic mass is 10.2. The summed E-state index contributed by atoms with van der Waals surface area (Å²) in [6, 6.07) is 4.67. The van der Waals surface area contributed by atoms with E-state index >= 15 is 0 Å². The van der Waals surface area contributed by atoms with Crippen LogP contribution < -0.4 is 5.32 Å². The van der Waals surface area contributed by atoms with Crippen LogP contribution in [0, 0.1) is 0 Å². The van der Waals surface area contributed by atoms with Crippen molar-refractivity contribution in [2.45, 2.75) is 32.0 Å². The number of rotatable bonds is 4. The third-order valence-corrected chi connectivity index (χ3v) is 3.42. The highest BCUT2D eigenvalue weighted by Gasteiger charge is 2.28. The van der Waals surface area contributed by atoms with Gasteiger partial charge in [0, 0.05) is 22.3 Å². The number of benzene rings is 1. The lowest BCUT2D eigenvalue weighted by Crippen LogP contribution is -2.34. The number of nitrogens with one attached hydrogen (secondary N) is 1. The second-order valence-electron chi connectivity index (χ2n) is 4.73. The van der Waals surface area contributed by atoms with Gasteiger partial charge in [0.1, 0.15) is 0 Å². The van der Waals surface area contributed by atoms with Crippen LogP contribution in [0.3, 0.4) is 0 Å². The average Bonchev–Trinajstić information content (AvgIpc) is 2.91. The maximum Gasteiger partial charge on any atom is 0.336 e. The Labute approximate surface area is 132 Å². The van der Waals surface area contributed by atoms with Crippen molar-refractivity contribution in [1.82, 2.24) is 0 Å². The van der Waals surface area contributed by atoms with E-state index in [4.69, 9.17) is 32.7 Å². The summed E-state index contributed by atoms with van der Waals surface area (Å²) in [5.74, 6) is -0.973. The minimum atomic E-state index is -0.931. The molecule has 1 saturated heterocycles. The number of amides is 1. The number of halogens is 2. The van der Waals surface area contributed by atoms with Gasteiger partial charge in [0.25, 0.3) is 5.91 Å². The SMILES string of the molecule is C[C@H](OC(=O)[C@@H]1CCCO1)C(=O)Nc1cc(Cl)cc(Cl)c1. The van der Waals surface area contributed by atoms with E-state index in [1.54, 1.807) is 18.2 Å². The lowest BCUT2D eigenvalue weighted by Gasteiger charge is -2.16. The van der Waals surface area contributed by atoms with E-state index in [1.165, 1.54) is 6.92 Å². The van der Waals surface area contributed by atoms with Gasteiger partial charge in [0.2, 0.25) is 0 Å². The molecule has 1 amide bonds. The van der Waals surface area contributed by atoms with Gasteiger partial charge in [-0.15, -0.1) is 0 Å². The summed E-state index contributed by atoms with van der Waals surface area (Å²) in [4.78, 5) is 23.7. The summed E-state index contributed by atoms with van der Waals surface area (Å²) in [6.45, 7) is 2.04. The first-order chi connectivity index (χ1) is 9.95. The van der Waals surface area contributed by atoms with Crippen LogP contribution in [0.15, 0.2) is 18.2 Å². The first-order valence-electron chi connectivity index (χ1n) is 6.55. The summed E-state index contributed by atoms with van der Waals surface area (Å²) in [7, 11) is 0. The zero-order valence-electron chi connectivity index (χ0n) is 11.4. The first kappa shape index (κ1) is 16.1. The van der Waals surface area contributed by atoms with Gasteiger partial charge in [0.15, 0.2) is 12.2 Å². The van der Waals surface area contributed by atoms with Crippen LogP contribution in [-0.2, 0) is 19.1 Å². The molecule has 1 N–H and O–H groups in total. The molecule has 2 rings (SSSR count). The number of carbonyl (C=O) groups excluding carboxylic acids is 2. The molecule has 1 heterocycles. The molecule has 0 bridgehead atoms. The van der Waals surface area contributed by atoms with E-state index in [0.717, 1.165) is 6.42 Å². The highest BCUT2D eigenvalue weighted by atomic mass is 35.5. The number of ether oxygens (including phenoxy) is 2. The fraction of sp³-hybridized carbons (Fsp3) is 0.429. The molecular weight excluding hydrogens is 317 g/mol. The maximum atomic E-state index is 12.0. The zero-order chi connectivity index (χ0) is 15.4. The Morgan fingerprint density at radius 1 is 1.33 bits per heavy atom. The Hall–Kier alpha value is -1.30. The van der Waals surface area contributed by atoms with Crippen molar-refractivity contribution in [1.29, 1.82) is 0 Å². The third kappa shape index (κ3) is 4.59. The van der Waals surface area contributed by atoms with Crippen molar-refractivity contribution in [3.8, 4) is 0 Å². The normalized spacial score (nSPS) is 19.1. The summed E-state index contributed by atoms with van der Waals surface area (Å²) in [6.07, 6.45) is -0.0568. The molecule has 2 atom stereocenters. The van der Waals surface area contributed by atoms with E-state index in [9.17, 15) is 9.59 Å². The van der Waals surface area contributed by atoms with Crippen LogP contribution in [0.5, 0.6) is 0 Å². The Morgan fingerprint density at radius 3 is 2.57 bits per heavy atom. The fourth-order valence-electron chi connectivity index (χ4n) is 1.94. The molecule has 0 aliphatic carbocycles. The molecular formula is C14H15Cl2NO4. The first-order valence-corrected chi connectivity index (χ1v) is 7.30. The Morgan fingerprint density at radius 2 is 2.00 bits per heavy atom. The molecule has 21 heavy (non-hydrogen) atoms. The molecule has 5 nitrogen and oxygen atoms in total. The lowest BCUT2D eigenvalue weighted by molar-refractivity contribution is -0.162. The maximum absolute atomic E-state index is 12.0. The molecule has 7 heteroatoms. The smallest absolute Gasteiger partial charge is 0.336 e. The molecule has 0 unspecified atom stereocenters. The molecule has 114 valence electrons. The Kier molecular flexibility index (Phi) is 5.45. The van der Waals surface area contributed by atoms with Crippen LogP contribution in [0.1, 0.15) is 19.8 Å². The van der Waals surface area contributed by atoms with Crippen LogP contribution in [0.25, 0.3) is 0 Å². The van der Waals surface area contributed by atoms with E-state index in [0.29, 0.717) is 28.8 Å². The summed E-state index contributed by atoms with van der Waals surface area (Å²) < 4.78 is 10.3. The third-order valence-electron chi connectivity index (χ3n) is 2.98. The van der Waals surface area contributed by atoms with E-state index in [-0.39, 0.29) is 0 Å². The summed E-state index contributed by atoms with van der Waals surface area (Å²) >= 11 is 11.7. The van der Waals surface area contributed by atoms with Gasteiger partial charge in [-0.2, -0.15) is 0 Å². The highest BCUT2D eigenvalue weighted by molar-refractivity contribution is 6.35. The quantitative estimate of drug-likeness (QED) is 0.861. The van der Waals surface area contributed by atoms with E-state index in [1.807, 2.05) is 0 Å². The topological polar surface area (TPSA) is 64.6 Å². The standard InChI is InChI=1S/C14H15Cl2NO4/c1-8(21-14(19)12-3-2-4-20-12)13(18)17-11-6-9(15)5-10(16)7-11/h5-8,12H,2-4H2,1H3,(H,17,18)/t8-,12-/m0/s1. The molecule has 1 fully saturated rings. The number of esters is 1. The Balaban J connectivity index is 1.91. The minimum Gasteiger partial charge on any atom is -0.451 e. The minimum absolute atomic E-state index is 0.404. The predicted octanol–water partition coefficient (Wildman–Crippen LogP) is 3.04. The van der Waals surface area contributed by atoms with Crippen LogP contribution in [0.4, 0.5) is 5.69 Å². The van der Waals surface area contributed by atoms with Crippen molar-refractivity contribution in [3.05, 3.63) is 28.2 Å². The van der Waals surface area contributed by atoms with Gasteiger partial charge >= 0.3 is 5.97 Å². The van der Waals surface area contributed by atoms with Crippen molar-refractivity contribution in [2.24, 2.45) is 0 Å². The van der Waals surface area contributed by atoms with Gasteiger partial charge in [-0.3, -0.25) is 4.79 Å². The number of hydrogen-bond acceptors (Lipinski definition) is 4. The van der Waals surface area contributed by atoms with Gasteiger partial charge in [-0.25, -0.2) is 4.79 Å². The summed E-state index contributed by atoms with van der Waals surface area (Å²) in [5.41, 5.74) is 0.442. The molecule has 0 spiro atoms. The Bertz CT molecular complexity index is 524. The van der Waals surface area contributed by atoms with Crippen molar-refractivity contribution >= 4 is 40.8 Å². The van der Waals surface area contributed by atoms with Crippen molar-refractivity contribution in [3.63, 3.8) is 0 Å². The van der Waals surface area contributed by atoms with E-state index < -0.39 is 24.1 Å². The largest absolute Gasteiger partial charge is 0.451 e. The second-order valence-corrected chi connectivity index (χ2v) is 5.60. The molecule has 1 aliphatic rings. The van der Waals surface area contributed by atoms with E-state index in [2.05, 4.69) is 5.32 Å². The van der Waals surface area contributed by atoms with Crippen LogP contribution >= 0.6 is 23.2 Å². The van der Waals surface area contributed by atoms with Crippen LogP contribution in [-0.4, -0.2) is 30.7 Å². The fourth-order valence-corrected chi connectivity index (χ4v) is 2.46. The van der Waals surface area contributed by atoms with Crippen LogP contribution in [0.2, 0.25) is 10.0 Å². The average molecular weight is 332 g/mol. The number of hydrogen-bond donors (Lipinski definition) is 1. The van der Waals surface area contributed by atoms with Gasteiger partial charge in [-0.1, -0.05) is 23.2 Å². The molecule has 0 radical (unpaired) electrons. The number of anilines is 1. The molecule has 0 saturated carbocycles. The zero-order valence-corrected chi connectivity index (χ0v) is 12.9. The van der Waals surface area contributed by atoms with Gasteiger partial charge < -0.3 is 14.8 Å². The monoisotopic (exact) mass is 331 g/mol. The second kappa shape index (κ2) is 7.11. The van der Waals surface area contributed by atoms with Gasteiger partial charge in [-0.05, 0) is 38.0 Å². The number of carbonyl (C=O) groups is 2. The summed E-state index contributed by atoms with van der Waals surface area (Å²) in [5, 5.41) is 3.40.